The van der Waals surface area contributed by atoms with Crippen LogP contribution >= 0.6 is 35.1 Å². The van der Waals surface area contributed by atoms with E-state index in [4.69, 9.17) is 11.6 Å². The first-order chi connectivity index (χ1) is 9.03. The van der Waals surface area contributed by atoms with E-state index >= 15 is 0 Å². The zero-order valence-electron chi connectivity index (χ0n) is 11.1. The third-order valence-electron chi connectivity index (χ3n) is 2.82. The first-order valence-corrected chi connectivity index (χ1v) is 8.70. The van der Waals surface area contributed by atoms with Crippen LogP contribution in [0.2, 0.25) is 5.02 Å². The van der Waals surface area contributed by atoms with Crippen molar-refractivity contribution in [2.45, 2.75) is 23.1 Å². The van der Waals surface area contributed by atoms with Crippen LogP contribution in [0.4, 0.5) is 0 Å². The number of hydrogen-bond acceptors (Lipinski definition) is 4. The highest BCUT2D eigenvalue weighted by Crippen LogP contribution is 2.23. The third kappa shape index (κ3) is 4.60. The lowest BCUT2D eigenvalue weighted by Crippen LogP contribution is -2.41. The van der Waals surface area contributed by atoms with E-state index in [1.807, 2.05) is 25.5 Å². The molecule has 0 saturated carbocycles. The Balaban J connectivity index is 2.83. The fourth-order valence-electron chi connectivity index (χ4n) is 1.62. The molecule has 0 aromatic heterocycles. The van der Waals surface area contributed by atoms with Crippen LogP contribution in [0.25, 0.3) is 0 Å². The molecular weight excluding hydrogens is 302 g/mol. The van der Waals surface area contributed by atoms with E-state index < -0.39 is 0 Å². The lowest BCUT2D eigenvalue weighted by atomic mass is 10.1. The van der Waals surface area contributed by atoms with Crippen LogP contribution in [-0.2, 0) is 0 Å². The monoisotopic (exact) mass is 319 g/mol. The van der Waals surface area contributed by atoms with E-state index in [1.54, 1.807) is 23.9 Å². The molecule has 0 bridgehead atoms. The molecule has 0 fully saturated rings. The van der Waals surface area contributed by atoms with Gasteiger partial charge in [0.25, 0.3) is 5.91 Å². The Morgan fingerprint density at radius 3 is 2.68 bits per heavy atom. The van der Waals surface area contributed by atoms with Crippen LogP contribution < -0.4 is 5.32 Å². The Morgan fingerprint density at radius 1 is 1.47 bits per heavy atom. The third-order valence-corrected chi connectivity index (χ3v) is 5.04. The lowest BCUT2D eigenvalue weighted by molar-refractivity contribution is 0.0936. The van der Waals surface area contributed by atoms with Gasteiger partial charge in [0.2, 0.25) is 0 Å². The van der Waals surface area contributed by atoms with Crippen molar-refractivity contribution in [1.82, 2.24) is 5.32 Å². The molecule has 0 aliphatic rings. The van der Waals surface area contributed by atoms with E-state index in [1.165, 1.54) is 11.8 Å². The normalized spacial score (nSPS) is 13.9. The molecule has 2 unspecified atom stereocenters. The topological polar surface area (TPSA) is 49.3 Å². The quantitative estimate of drug-likeness (QED) is 0.792. The van der Waals surface area contributed by atoms with Gasteiger partial charge in [0.15, 0.2) is 0 Å². The zero-order chi connectivity index (χ0) is 14.4. The summed E-state index contributed by atoms with van der Waals surface area (Å²) in [6.07, 6.45) is 3.86. The number of halogens is 1. The average Bonchev–Trinajstić information content (AvgIpc) is 2.40. The molecule has 19 heavy (non-hydrogen) atoms. The van der Waals surface area contributed by atoms with Gasteiger partial charge in [0.1, 0.15) is 0 Å². The molecule has 106 valence electrons. The van der Waals surface area contributed by atoms with Crippen LogP contribution in [0.5, 0.6) is 0 Å². The summed E-state index contributed by atoms with van der Waals surface area (Å²) >= 11 is 9.14. The van der Waals surface area contributed by atoms with Crippen molar-refractivity contribution in [3.05, 3.63) is 28.8 Å². The highest BCUT2D eigenvalue weighted by Gasteiger charge is 2.19. The molecule has 1 amide bonds. The molecule has 6 heteroatoms. The Morgan fingerprint density at radius 2 is 2.16 bits per heavy atom. The van der Waals surface area contributed by atoms with Gasteiger partial charge in [-0.15, -0.1) is 11.8 Å². The highest BCUT2D eigenvalue weighted by atomic mass is 35.5. The van der Waals surface area contributed by atoms with Crippen molar-refractivity contribution in [3.8, 4) is 0 Å². The summed E-state index contributed by atoms with van der Waals surface area (Å²) in [4.78, 5) is 13.2. The summed E-state index contributed by atoms with van der Waals surface area (Å²) in [5.41, 5.74) is 0.471. The van der Waals surface area contributed by atoms with Crippen LogP contribution in [0.1, 0.15) is 17.3 Å². The molecule has 2 atom stereocenters. The van der Waals surface area contributed by atoms with E-state index in [9.17, 15) is 9.90 Å². The van der Waals surface area contributed by atoms with Crippen LogP contribution in [0.3, 0.4) is 0 Å². The molecule has 0 heterocycles. The number of carbonyl (C=O) groups excluding carboxylic acids is 1. The van der Waals surface area contributed by atoms with Crippen molar-refractivity contribution in [1.29, 1.82) is 0 Å². The predicted molar refractivity (Wildman–Crippen MR) is 84.6 cm³/mol. The van der Waals surface area contributed by atoms with Crippen LogP contribution in [-0.4, -0.2) is 41.4 Å². The largest absolute Gasteiger partial charge is 0.395 e. The number of carbonyl (C=O) groups is 1. The number of hydrogen-bond donors (Lipinski definition) is 2. The number of aliphatic hydroxyl groups is 1. The van der Waals surface area contributed by atoms with E-state index in [0.29, 0.717) is 10.6 Å². The van der Waals surface area contributed by atoms with Crippen LogP contribution in [0, 0.1) is 0 Å². The number of aliphatic hydroxyl groups excluding tert-OH is 1. The number of thioether (sulfide) groups is 2. The van der Waals surface area contributed by atoms with Gasteiger partial charge in [0, 0.05) is 16.2 Å². The molecular formula is C13H18ClNO2S2. The Hall–Kier alpha value is -0.360. The number of nitrogens with one attached hydrogen (secondary N) is 1. The SMILES string of the molecule is CSc1ccc(Cl)c(C(=O)NC(C)C(CO)SC)c1. The van der Waals surface area contributed by atoms with Gasteiger partial charge in [-0.25, -0.2) is 0 Å². The van der Waals surface area contributed by atoms with E-state index in [-0.39, 0.29) is 23.8 Å². The summed E-state index contributed by atoms with van der Waals surface area (Å²) in [6, 6.07) is 5.26. The fourth-order valence-corrected chi connectivity index (χ4v) is 2.89. The van der Waals surface area contributed by atoms with Gasteiger partial charge in [-0.2, -0.15) is 11.8 Å². The number of amides is 1. The fraction of sp³-hybridized carbons (Fsp3) is 0.462. The highest BCUT2D eigenvalue weighted by molar-refractivity contribution is 7.99. The molecule has 0 spiro atoms. The molecule has 2 N–H and O–H groups in total. The van der Waals surface area contributed by atoms with Crippen LogP contribution in [0.15, 0.2) is 23.1 Å². The second-order valence-electron chi connectivity index (χ2n) is 4.06. The zero-order valence-corrected chi connectivity index (χ0v) is 13.5. The maximum atomic E-state index is 12.2. The predicted octanol–water partition coefficient (Wildman–Crippen LogP) is 2.90. The maximum absolute atomic E-state index is 12.2. The van der Waals surface area contributed by atoms with Gasteiger partial charge >= 0.3 is 0 Å². The maximum Gasteiger partial charge on any atom is 0.253 e. The molecule has 1 aromatic rings. The van der Waals surface area contributed by atoms with Crippen molar-refractivity contribution in [2.24, 2.45) is 0 Å². The standard InChI is InChI=1S/C13H18ClNO2S2/c1-8(12(7-16)19-3)15-13(17)10-6-9(18-2)4-5-11(10)14/h4-6,8,12,16H,7H2,1-3H3,(H,15,17). The minimum Gasteiger partial charge on any atom is -0.395 e. The Kier molecular flexibility index (Phi) is 7.07. The first kappa shape index (κ1) is 16.7. The van der Waals surface area contributed by atoms with Gasteiger partial charge < -0.3 is 10.4 Å². The second-order valence-corrected chi connectivity index (χ2v) is 6.43. The Bertz CT molecular complexity index is 439. The summed E-state index contributed by atoms with van der Waals surface area (Å²) < 4.78 is 0. The summed E-state index contributed by atoms with van der Waals surface area (Å²) in [5.74, 6) is -0.207. The van der Waals surface area contributed by atoms with Gasteiger partial charge in [-0.3, -0.25) is 4.79 Å². The summed E-state index contributed by atoms with van der Waals surface area (Å²) in [5, 5.41) is 12.5. The molecule has 0 radical (unpaired) electrons. The minimum atomic E-state index is -0.207. The number of rotatable bonds is 6. The second kappa shape index (κ2) is 8.04. The minimum absolute atomic E-state index is 0.0218. The van der Waals surface area contributed by atoms with E-state index in [2.05, 4.69) is 5.32 Å². The average molecular weight is 320 g/mol. The van der Waals surface area contributed by atoms with E-state index in [0.717, 1.165) is 4.90 Å². The molecule has 1 rings (SSSR count). The molecule has 0 aliphatic heterocycles. The smallest absolute Gasteiger partial charge is 0.253 e. The van der Waals surface area contributed by atoms with Crippen molar-refractivity contribution in [2.75, 3.05) is 19.1 Å². The van der Waals surface area contributed by atoms with Gasteiger partial charge in [-0.05, 0) is 37.6 Å². The summed E-state index contributed by atoms with van der Waals surface area (Å²) in [7, 11) is 0. The number of benzene rings is 1. The van der Waals surface area contributed by atoms with Crippen molar-refractivity contribution >= 4 is 41.0 Å². The van der Waals surface area contributed by atoms with Crippen molar-refractivity contribution in [3.63, 3.8) is 0 Å². The molecule has 3 nitrogen and oxygen atoms in total. The van der Waals surface area contributed by atoms with Gasteiger partial charge in [0.05, 0.1) is 17.2 Å². The molecule has 0 aliphatic carbocycles. The summed E-state index contributed by atoms with van der Waals surface area (Å²) in [6.45, 7) is 1.91. The first-order valence-electron chi connectivity index (χ1n) is 5.81. The van der Waals surface area contributed by atoms with Gasteiger partial charge in [-0.1, -0.05) is 11.6 Å². The molecule has 0 saturated heterocycles. The molecule has 1 aromatic carbocycles. The lowest BCUT2D eigenvalue weighted by Gasteiger charge is -2.21. The Labute approximate surface area is 127 Å². The van der Waals surface area contributed by atoms with Crippen molar-refractivity contribution < 1.29 is 9.90 Å².